The molecule has 0 amide bonds. The number of benzene rings is 1. The van der Waals surface area contributed by atoms with E-state index in [1.165, 1.54) is 0 Å². The summed E-state index contributed by atoms with van der Waals surface area (Å²) >= 11 is 0. The summed E-state index contributed by atoms with van der Waals surface area (Å²) in [4.78, 5) is 11.0. The molecule has 4 rings (SSSR count). The lowest BCUT2D eigenvalue weighted by atomic mass is 10.2. The first-order chi connectivity index (χ1) is 10.8. The second kappa shape index (κ2) is 5.38. The second-order valence-corrected chi connectivity index (χ2v) is 5.44. The monoisotopic (exact) mass is 295 g/mol. The van der Waals surface area contributed by atoms with Crippen LogP contribution in [0.25, 0.3) is 16.7 Å². The smallest absolute Gasteiger partial charge is 0.159 e. The van der Waals surface area contributed by atoms with Crippen molar-refractivity contribution in [2.75, 3.05) is 25.1 Å². The first-order valence-electron chi connectivity index (χ1n) is 7.38. The Kier molecular flexibility index (Phi) is 3.23. The van der Waals surface area contributed by atoms with Crippen molar-refractivity contribution in [1.29, 1.82) is 0 Å². The molecule has 1 unspecified atom stereocenters. The van der Waals surface area contributed by atoms with Gasteiger partial charge in [-0.3, -0.25) is 0 Å². The third kappa shape index (κ3) is 2.21. The summed E-state index contributed by atoms with van der Waals surface area (Å²) in [6.07, 6.45) is 4.76. The maximum atomic E-state index is 5.42. The van der Waals surface area contributed by atoms with E-state index in [9.17, 15) is 0 Å². The zero-order valence-electron chi connectivity index (χ0n) is 12.4. The van der Waals surface area contributed by atoms with Gasteiger partial charge in [0.1, 0.15) is 12.1 Å². The molecule has 0 spiro atoms. The maximum Gasteiger partial charge on any atom is 0.159 e. The van der Waals surface area contributed by atoms with Crippen LogP contribution in [0.3, 0.4) is 0 Å². The molecular weight excluding hydrogens is 278 g/mol. The number of aromatic nitrogens is 4. The van der Waals surface area contributed by atoms with Gasteiger partial charge in [-0.1, -0.05) is 18.2 Å². The Hall–Kier alpha value is -2.47. The lowest BCUT2D eigenvalue weighted by Crippen LogP contribution is -2.23. The molecule has 22 heavy (non-hydrogen) atoms. The number of fused-ring (bicyclic) bond motifs is 1. The van der Waals surface area contributed by atoms with Gasteiger partial charge in [0.15, 0.2) is 5.82 Å². The molecule has 0 aliphatic carbocycles. The third-order valence-electron chi connectivity index (χ3n) is 4.13. The second-order valence-electron chi connectivity index (χ2n) is 5.44. The third-order valence-corrected chi connectivity index (χ3v) is 4.13. The molecule has 0 radical (unpaired) electrons. The molecule has 6 nitrogen and oxygen atoms in total. The van der Waals surface area contributed by atoms with E-state index in [0.717, 1.165) is 42.0 Å². The highest BCUT2D eigenvalue weighted by Crippen LogP contribution is 2.22. The predicted octanol–water partition coefficient (Wildman–Crippen LogP) is 2.04. The van der Waals surface area contributed by atoms with E-state index in [-0.39, 0.29) is 6.10 Å². The molecule has 1 aliphatic rings. The van der Waals surface area contributed by atoms with E-state index in [1.54, 1.807) is 13.4 Å². The van der Waals surface area contributed by atoms with Gasteiger partial charge in [-0.2, -0.15) is 5.10 Å². The quantitative estimate of drug-likeness (QED) is 0.740. The highest BCUT2D eigenvalue weighted by molar-refractivity contribution is 5.79. The predicted molar refractivity (Wildman–Crippen MR) is 84.3 cm³/mol. The molecule has 1 saturated heterocycles. The van der Waals surface area contributed by atoms with Gasteiger partial charge in [-0.05, 0) is 12.5 Å². The van der Waals surface area contributed by atoms with Crippen LogP contribution in [-0.2, 0) is 4.74 Å². The van der Waals surface area contributed by atoms with Crippen LogP contribution in [-0.4, -0.2) is 46.1 Å². The Morgan fingerprint density at radius 1 is 1.18 bits per heavy atom. The average molecular weight is 295 g/mol. The largest absolute Gasteiger partial charge is 0.380 e. The van der Waals surface area contributed by atoms with Crippen LogP contribution >= 0.6 is 0 Å². The van der Waals surface area contributed by atoms with Gasteiger partial charge < -0.3 is 9.64 Å². The summed E-state index contributed by atoms with van der Waals surface area (Å²) in [6.45, 7) is 1.82. The van der Waals surface area contributed by atoms with E-state index in [1.807, 2.05) is 41.2 Å². The van der Waals surface area contributed by atoms with Gasteiger partial charge in [0, 0.05) is 31.7 Å². The lowest BCUT2D eigenvalue weighted by molar-refractivity contribution is 0.121. The maximum absolute atomic E-state index is 5.42. The first-order valence-corrected chi connectivity index (χ1v) is 7.38. The Morgan fingerprint density at radius 2 is 2.05 bits per heavy atom. The number of anilines is 1. The number of para-hydroxylation sites is 1. The van der Waals surface area contributed by atoms with Crippen LogP contribution in [0.4, 0.5) is 5.82 Å². The van der Waals surface area contributed by atoms with Crippen molar-refractivity contribution in [3.63, 3.8) is 0 Å². The molecule has 1 atom stereocenters. The van der Waals surface area contributed by atoms with Gasteiger partial charge >= 0.3 is 0 Å². The zero-order chi connectivity index (χ0) is 14.9. The van der Waals surface area contributed by atoms with E-state index in [4.69, 9.17) is 4.74 Å². The molecule has 3 heterocycles. The van der Waals surface area contributed by atoms with Crippen molar-refractivity contribution in [2.45, 2.75) is 12.5 Å². The SMILES string of the molecule is COC1CCN(c2cc(-n3ncc4ccccc43)ncn2)C1. The molecule has 2 aromatic heterocycles. The Labute approximate surface area is 128 Å². The average Bonchev–Trinajstić information content (AvgIpc) is 3.22. The molecular formula is C16H17N5O. The Balaban J connectivity index is 1.70. The summed E-state index contributed by atoms with van der Waals surface area (Å²) in [5, 5.41) is 5.55. The lowest BCUT2D eigenvalue weighted by Gasteiger charge is -2.17. The minimum absolute atomic E-state index is 0.281. The molecule has 0 saturated carbocycles. The van der Waals surface area contributed by atoms with Crippen molar-refractivity contribution in [3.05, 3.63) is 42.9 Å². The molecule has 1 fully saturated rings. The highest BCUT2D eigenvalue weighted by Gasteiger charge is 2.23. The van der Waals surface area contributed by atoms with Crippen molar-refractivity contribution in [2.24, 2.45) is 0 Å². The van der Waals surface area contributed by atoms with Crippen LogP contribution in [0.15, 0.2) is 42.9 Å². The standard InChI is InChI=1S/C16H17N5O/c1-22-13-6-7-20(10-13)15-8-16(18-11-17-15)21-14-5-3-2-4-12(14)9-19-21/h2-5,8-9,11,13H,6-7,10H2,1H3. The van der Waals surface area contributed by atoms with E-state index in [0.29, 0.717) is 0 Å². The summed E-state index contributed by atoms with van der Waals surface area (Å²) < 4.78 is 7.27. The molecule has 3 aromatic rings. The summed E-state index contributed by atoms with van der Waals surface area (Å²) in [7, 11) is 1.76. The van der Waals surface area contributed by atoms with E-state index >= 15 is 0 Å². The Bertz CT molecular complexity index is 800. The van der Waals surface area contributed by atoms with Crippen LogP contribution in [0.5, 0.6) is 0 Å². The van der Waals surface area contributed by atoms with Crippen molar-refractivity contribution in [3.8, 4) is 5.82 Å². The normalized spacial score (nSPS) is 18.2. The molecule has 6 heteroatoms. The number of hydrogen-bond donors (Lipinski definition) is 0. The molecule has 1 aromatic carbocycles. The number of methoxy groups -OCH3 is 1. The van der Waals surface area contributed by atoms with Gasteiger partial charge in [-0.15, -0.1) is 0 Å². The van der Waals surface area contributed by atoms with Crippen LogP contribution in [0.2, 0.25) is 0 Å². The summed E-state index contributed by atoms with van der Waals surface area (Å²) in [5.74, 6) is 1.70. The fraction of sp³-hybridized carbons (Fsp3) is 0.312. The zero-order valence-corrected chi connectivity index (χ0v) is 12.4. The summed E-state index contributed by atoms with van der Waals surface area (Å²) in [6, 6.07) is 10.1. The molecule has 112 valence electrons. The van der Waals surface area contributed by atoms with Crippen molar-refractivity contribution in [1.82, 2.24) is 19.7 Å². The fourth-order valence-electron chi connectivity index (χ4n) is 2.91. The summed E-state index contributed by atoms with van der Waals surface area (Å²) in [5.41, 5.74) is 1.04. The molecule has 0 N–H and O–H groups in total. The number of nitrogens with zero attached hydrogens (tertiary/aromatic N) is 5. The van der Waals surface area contributed by atoms with E-state index in [2.05, 4.69) is 20.0 Å². The highest BCUT2D eigenvalue weighted by atomic mass is 16.5. The van der Waals surface area contributed by atoms with E-state index < -0.39 is 0 Å². The van der Waals surface area contributed by atoms with Gasteiger partial charge in [0.25, 0.3) is 0 Å². The first kappa shape index (κ1) is 13.2. The van der Waals surface area contributed by atoms with Crippen molar-refractivity contribution >= 4 is 16.7 Å². The number of hydrogen-bond acceptors (Lipinski definition) is 5. The minimum Gasteiger partial charge on any atom is -0.380 e. The van der Waals surface area contributed by atoms with Gasteiger partial charge in [-0.25, -0.2) is 14.6 Å². The van der Waals surface area contributed by atoms with Gasteiger partial charge in [0.2, 0.25) is 0 Å². The number of ether oxygens (including phenoxy) is 1. The van der Waals surface area contributed by atoms with Crippen LogP contribution in [0.1, 0.15) is 6.42 Å². The fourth-order valence-corrected chi connectivity index (χ4v) is 2.91. The Morgan fingerprint density at radius 3 is 2.91 bits per heavy atom. The number of rotatable bonds is 3. The van der Waals surface area contributed by atoms with Crippen LogP contribution in [0, 0.1) is 0 Å². The van der Waals surface area contributed by atoms with Gasteiger partial charge in [0.05, 0.1) is 17.8 Å². The van der Waals surface area contributed by atoms with Crippen LogP contribution < -0.4 is 4.90 Å². The topological polar surface area (TPSA) is 56.1 Å². The van der Waals surface area contributed by atoms with Crippen molar-refractivity contribution < 1.29 is 4.74 Å². The molecule has 0 bridgehead atoms. The molecule has 1 aliphatic heterocycles. The minimum atomic E-state index is 0.281.